The van der Waals surface area contributed by atoms with Crippen molar-refractivity contribution in [2.45, 2.75) is 75.9 Å². The third-order valence-corrected chi connectivity index (χ3v) is 5.53. The van der Waals surface area contributed by atoms with Crippen molar-refractivity contribution in [1.82, 2.24) is 10.2 Å². The number of carboxylic acid groups (broad SMARTS) is 1. The van der Waals surface area contributed by atoms with E-state index in [4.69, 9.17) is 0 Å². The van der Waals surface area contributed by atoms with Gasteiger partial charge < -0.3 is 15.3 Å². The van der Waals surface area contributed by atoms with Crippen LogP contribution in [0, 0.1) is 5.92 Å². The standard InChI is InChI=1S/C16H26N2O3/c19-15(10-12-5-3-9-17-12)18-13-6-2-1-4-11(13)7-8-14(18)16(20)21/h11-14,17H,1-10H2,(H,20,21). The first-order valence-corrected chi connectivity index (χ1v) is 8.44. The van der Waals surface area contributed by atoms with Gasteiger partial charge in [-0.15, -0.1) is 0 Å². The van der Waals surface area contributed by atoms with Gasteiger partial charge in [0.05, 0.1) is 0 Å². The van der Waals surface area contributed by atoms with Gasteiger partial charge in [0, 0.05) is 18.5 Å². The van der Waals surface area contributed by atoms with E-state index in [-0.39, 0.29) is 18.0 Å². The molecule has 2 N–H and O–H groups in total. The minimum absolute atomic E-state index is 0.0541. The molecule has 3 aliphatic rings. The molecule has 5 nitrogen and oxygen atoms in total. The lowest BCUT2D eigenvalue weighted by Crippen LogP contribution is -2.58. The summed E-state index contributed by atoms with van der Waals surface area (Å²) in [6.07, 6.45) is 8.70. The van der Waals surface area contributed by atoms with Crippen LogP contribution in [-0.4, -0.2) is 46.6 Å². The molecule has 0 aromatic heterocycles. The summed E-state index contributed by atoms with van der Waals surface area (Å²) < 4.78 is 0. The molecule has 4 atom stereocenters. The number of carbonyl (C=O) groups is 2. The monoisotopic (exact) mass is 294 g/mol. The van der Waals surface area contributed by atoms with E-state index in [0.717, 1.165) is 45.1 Å². The number of aliphatic carboxylic acids is 1. The topological polar surface area (TPSA) is 69.6 Å². The molecule has 1 saturated carbocycles. The zero-order valence-corrected chi connectivity index (χ0v) is 12.6. The zero-order valence-electron chi connectivity index (χ0n) is 12.6. The summed E-state index contributed by atoms with van der Waals surface area (Å²) in [6.45, 7) is 0.979. The third-order valence-electron chi connectivity index (χ3n) is 5.53. The van der Waals surface area contributed by atoms with Crippen LogP contribution < -0.4 is 5.32 Å². The SMILES string of the molecule is O=C(O)C1CCC2CCCCC2N1C(=O)CC1CCCN1. The molecular formula is C16H26N2O3. The Morgan fingerprint density at radius 3 is 2.57 bits per heavy atom. The molecule has 2 aliphatic heterocycles. The first-order valence-electron chi connectivity index (χ1n) is 8.44. The number of carbonyl (C=O) groups excluding carboxylic acids is 1. The molecule has 2 saturated heterocycles. The normalized spacial score (nSPS) is 36.3. The van der Waals surface area contributed by atoms with E-state index in [1.807, 2.05) is 0 Å². The molecule has 0 radical (unpaired) electrons. The lowest BCUT2D eigenvalue weighted by Gasteiger charge is -2.47. The molecule has 118 valence electrons. The molecule has 21 heavy (non-hydrogen) atoms. The first-order chi connectivity index (χ1) is 10.2. The largest absolute Gasteiger partial charge is 0.480 e. The summed E-state index contributed by atoms with van der Waals surface area (Å²) in [5, 5.41) is 12.8. The number of nitrogens with one attached hydrogen (secondary N) is 1. The molecule has 0 aromatic rings. The summed E-state index contributed by atoms with van der Waals surface area (Å²) in [7, 11) is 0. The van der Waals surface area contributed by atoms with Crippen molar-refractivity contribution in [3.63, 3.8) is 0 Å². The zero-order chi connectivity index (χ0) is 14.8. The molecule has 3 fully saturated rings. The fourth-order valence-corrected chi connectivity index (χ4v) is 4.48. The van der Waals surface area contributed by atoms with Crippen LogP contribution in [-0.2, 0) is 9.59 Å². The number of piperidine rings is 1. The Bertz CT molecular complexity index is 406. The van der Waals surface area contributed by atoms with Crippen molar-refractivity contribution in [2.75, 3.05) is 6.54 Å². The van der Waals surface area contributed by atoms with Gasteiger partial charge in [-0.25, -0.2) is 4.79 Å². The molecule has 0 bridgehead atoms. The number of likely N-dealkylation sites (tertiary alicyclic amines) is 1. The highest BCUT2D eigenvalue weighted by molar-refractivity contribution is 5.84. The number of amides is 1. The van der Waals surface area contributed by atoms with Gasteiger partial charge in [-0.2, -0.15) is 0 Å². The minimum Gasteiger partial charge on any atom is -0.480 e. The van der Waals surface area contributed by atoms with Crippen molar-refractivity contribution >= 4 is 11.9 Å². The highest BCUT2D eigenvalue weighted by Crippen LogP contribution is 2.38. The fraction of sp³-hybridized carbons (Fsp3) is 0.875. The second-order valence-corrected chi connectivity index (χ2v) is 6.84. The predicted molar refractivity (Wildman–Crippen MR) is 78.9 cm³/mol. The Kier molecular flexibility index (Phi) is 4.48. The fourth-order valence-electron chi connectivity index (χ4n) is 4.48. The lowest BCUT2D eigenvalue weighted by molar-refractivity contribution is -0.158. The summed E-state index contributed by atoms with van der Waals surface area (Å²) in [5.41, 5.74) is 0. The van der Waals surface area contributed by atoms with E-state index in [2.05, 4.69) is 5.32 Å². The quantitative estimate of drug-likeness (QED) is 0.832. The van der Waals surface area contributed by atoms with Crippen LogP contribution >= 0.6 is 0 Å². The Morgan fingerprint density at radius 1 is 1.05 bits per heavy atom. The van der Waals surface area contributed by atoms with Crippen LogP contribution in [0.15, 0.2) is 0 Å². The smallest absolute Gasteiger partial charge is 0.326 e. The molecule has 2 heterocycles. The second kappa shape index (κ2) is 6.34. The molecular weight excluding hydrogens is 268 g/mol. The maximum absolute atomic E-state index is 12.7. The highest BCUT2D eigenvalue weighted by atomic mass is 16.4. The van der Waals surface area contributed by atoms with E-state index >= 15 is 0 Å². The van der Waals surface area contributed by atoms with Gasteiger partial charge in [0.2, 0.25) is 5.91 Å². The predicted octanol–water partition coefficient (Wildman–Crippen LogP) is 1.76. The van der Waals surface area contributed by atoms with Crippen LogP contribution in [0.4, 0.5) is 0 Å². The average molecular weight is 294 g/mol. The lowest BCUT2D eigenvalue weighted by atomic mass is 9.76. The van der Waals surface area contributed by atoms with Gasteiger partial charge in [0.15, 0.2) is 0 Å². The number of fused-ring (bicyclic) bond motifs is 1. The van der Waals surface area contributed by atoms with E-state index in [0.29, 0.717) is 18.8 Å². The van der Waals surface area contributed by atoms with Crippen molar-refractivity contribution in [2.24, 2.45) is 5.92 Å². The maximum Gasteiger partial charge on any atom is 0.326 e. The van der Waals surface area contributed by atoms with Crippen LogP contribution in [0.25, 0.3) is 0 Å². The summed E-state index contributed by atoms with van der Waals surface area (Å²) in [4.78, 5) is 26.1. The van der Waals surface area contributed by atoms with Gasteiger partial charge in [0.25, 0.3) is 0 Å². The Morgan fingerprint density at radius 2 is 1.86 bits per heavy atom. The van der Waals surface area contributed by atoms with E-state index in [9.17, 15) is 14.7 Å². The van der Waals surface area contributed by atoms with E-state index in [1.54, 1.807) is 4.90 Å². The molecule has 4 unspecified atom stereocenters. The van der Waals surface area contributed by atoms with Crippen LogP contribution in [0.3, 0.4) is 0 Å². The van der Waals surface area contributed by atoms with Gasteiger partial charge in [-0.05, 0) is 51.0 Å². The van der Waals surface area contributed by atoms with E-state index < -0.39 is 12.0 Å². The molecule has 0 aromatic carbocycles. The molecule has 0 spiro atoms. The third kappa shape index (κ3) is 3.07. The van der Waals surface area contributed by atoms with Crippen LogP contribution in [0.2, 0.25) is 0 Å². The van der Waals surface area contributed by atoms with Gasteiger partial charge in [-0.3, -0.25) is 4.79 Å². The van der Waals surface area contributed by atoms with Crippen LogP contribution in [0.1, 0.15) is 57.8 Å². The number of nitrogens with zero attached hydrogens (tertiary/aromatic N) is 1. The summed E-state index contributed by atoms with van der Waals surface area (Å²) >= 11 is 0. The Balaban J connectivity index is 1.74. The second-order valence-electron chi connectivity index (χ2n) is 6.84. The van der Waals surface area contributed by atoms with Gasteiger partial charge in [0.1, 0.15) is 6.04 Å². The first kappa shape index (κ1) is 14.8. The van der Waals surface area contributed by atoms with Gasteiger partial charge in [-0.1, -0.05) is 12.8 Å². The molecule has 5 heteroatoms. The molecule has 3 rings (SSSR count). The average Bonchev–Trinajstić information content (AvgIpc) is 2.98. The maximum atomic E-state index is 12.7. The van der Waals surface area contributed by atoms with Crippen molar-refractivity contribution < 1.29 is 14.7 Å². The highest BCUT2D eigenvalue weighted by Gasteiger charge is 2.43. The summed E-state index contributed by atoms with van der Waals surface area (Å²) in [6, 6.07) is -0.184. The number of hydrogen-bond donors (Lipinski definition) is 2. The van der Waals surface area contributed by atoms with E-state index in [1.165, 1.54) is 6.42 Å². The summed E-state index contributed by atoms with van der Waals surface area (Å²) in [5.74, 6) is -0.250. The molecule has 1 amide bonds. The number of rotatable bonds is 3. The number of carboxylic acids is 1. The Hall–Kier alpha value is -1.10. The van der Waals surface area contributed by atoms with Crippen molar-refractivity contribution in [1.29, 1.82) is 0 Å². The number of hydrogen-bond acceptors (Lipinski definition) is 3. The van der Waals surface area contributed by atoms with Gasteiger partial charge >= 0.3 is 5.97 Å². The van der Waals surface area contributed by atoms with Crippen molar-refractivity contribution in [3.8, 4) is 0 Å². The van der Waals surface area contributed by atoms with Crippen LogP contribution in [0.5, 0.6) is 0 Å². The minimum atomic E-state index is -0.827. The molecule has 1 aliphatic carbocycles. The Labute approximate surface area is 126 Å². The van der Waals surface area contributed by atoms with Crippen molar-refractivity contribution in [3.05, 3.63) is 0 Å².